The first-order valence-electron chi connectivity index (χ1n) is 8.28. The summed E-state index contributed by atoms with van der Waals surface area (Å²) in [7, 11) is 1.64. The van der Waals surface area contributed by atoms with E-state index < -0.39 is 0 Å². The second kappa shape index (κ2) is 6.24. The fourth-order valence-electron chi connectivity index (χ4n) is 2.69. The van der Waals surface area contributed by atoms with Crippen molar-refractivity contribution in [2.45, 2.75) is 26.7 Å². The summed E-state index contributed by atoms with van der Waals surface area (Å²) in [6.07, 6.45) is 2.28. The standard InChI is InChI=1S/C17H19N5O3S/c1-9-6-12-10(7-11(9)24-3)13(25-8-17(2)4-5-17)14(26-12)15(23)18-16-19-21-22-20-16/h6-7H,4-5,8H2,1-3H3,(H2,18,19,20,21,22,23). The van der Waals surface area contributed by atoms with Crippen LogP contribution in [-0.4, -0.2) is 40.2 Å². The Bertz CT molecular complexity index is 963. The molecule has 0 unspecified atom stereocenters. The number of anilines is 1. The molecule has 1 aliphatic carbocycles. The number of fused-ring (bicyclic) bond motifs is 1. The van der Waals surface area contributed by atoms with E-state index in [2.05, 4.69) is 32.9 Å². The third-order valence-electron chi connectivity index (χ3n) is 4.61. The molecule has 0 radical (unpaired) electrons. The smallest absolute Gasteiger partial charge is 0.272 e. The highest BCUT2D eigenvalue weighted by molar-refractivity contribution is 7.21. The average Bonchev–Trinajstić information content (AvgIpc) is 3.01. The number of tetrazole rings is 1. The van der Waals surface area contributed by atoms with Crippen LogP contribution in [0.15, 0.2) is 12.1 Å². The molecule has 136 valence electrons. The van der Waals surface area contributed by atoms with E-state index in [0.717, 1.165) is 34.2 Å². The van der Waals surface area contributed by atoms with Crippen molar-refractivity contribution < 1.29 is 14.3 Å². The summed E-state index contributed by atoms with van der Waals surface area (Å²) in [6.45, 7) is 4.74. The second-order valence-electron chi connectivity index (χ2n) is 6.87. The number of benzene rings is 1. The van der Waals surface area contributed by atoms with Gasteiger partial charge < -0.3 is 9.47 Å². The third-order valence-corrected chi connectivity index (χ3v) is 5.74. The number of carbonyl (C=O) groups is 1. The Kier molecular flexibility index (Phi) is 4.03. The maximum Gasteiger partial charge on any atom is 0.272 e. The lowest BCUT2D eigenvalue weighted by atomic mass is 10.1. The molecular formula is C17H19N5O3S. The Balaban J connectivity index is 1.74. The van der Waals surface area contributed by atoms with Crippen LogP contribution >= 0.6 is 11.3 Å². The van der Waals surface area contributed by atoms with E-state index >= 15 is 0 Å². The molecule has 0 spiro atoms. The SMILES string of the molecule is COc1cc2c(OCC3(C)CC3)c(C(=O)Nc3nn[nH]n3)sc2cc1C. The Morgan fingerprint density at radius 3 is 2.88 bits per heavy atom. The molecule has 3 aromatic rings. The van der Waals surface area contributed by atoms with Gasteiger partial charge in [-0.2, -0.15) is 5.21 Å². The molecule has 0 saturated heterocycles. The van der Waals surface area contributed by atoms with Crippen LogP contribution in [0.5, 0.6) is 11.5 Å². The first-order chi connectivity index (χ1) is 12.5. The van der Waals surface area contributed by atoms with Crippen LogP contribution in [-0.2, 0) is 0 Å². The average molecular weight is 373 g/mol. The molecule has 9 heteroatoms. The third kappa shape index (κ3) is 3.10. The predicted octanol–water partition coefficient (Wildman–Crippen LogP) is 3.16. The molecule has 0 atom stereocenters. The fraction of sp³-hybridized carbons (Fsp3) is 0.412. The van der Waals surface area contributed by atoms with Gasteiger partial charge in [-0.3, -0.25) is 10.1 Å². The number of rotatable bonds is 6. The van der Waals surface area contributed by atoms with Crippen LogP contribution < -0.4 is 14.8 Å². The quantitative estimate of drug-likeness (QED) is 0.688. The van der Waals surface area contributed by atoms with Crippen LogP contribution in [0.3, 0.4) is 0 Å². The molecule has 1 aromatic carbocycles. The maximum absolute atomic E-state index is 12.7. The first kappa shape index (κ1) is 16.8. The zero-order chi connectivity index (χ0) is 18.3. The van der Waals surface area contributed by atoms with Crippen LogP contribution in [0.1, 0.15) is 35.0 Å². The van der Waals surface area contributed by atoms with Gasteiger partial charge in [0.2, 0.25) is 0 Å². The normalized spacial score (nSPS) is 15.0. The number of aromatic nitrogens is 4. The summed E-state index contributed by atoms with van der Waals surface area (Å²) in [4.78, 5) is 13.2. The van der Waals surface area contributed by atoms with Crippen molar-refractivity contribution in [3.05, 3.63) is 22.6 Å². The number of hydrogen-bond donors (Lipinski definition) is 2. The number of thiophene rings is 1. The topological polar surface area (TPSA) is 102 Å². The summed E-state index contributed by atoms with van der Waals surface area (Å²) >= 11 is 1.38. The zero-order valence-corrected chi connectivity index (χ0v) is 15.6. The molecule has 1 fully saturated rings. The van der Waals surface area contributed by atoms with Gasteiger partial charge in [-0.25, -0.2) is 0 Å². The van der Waals surface area contributed by atoms with E-state index in [9.17, 15) is 4.79 Å². The van der Waals surface area contributed by atoms with Crippen molar-refractivity contribution in [1.29, 1.82) is 0 Å². The molecule has 2 aromatic heterocycles. The van der Waals surface area contributed by atoms with Crippen LogP contribution in [0, 0.1) is 12.3 Å². The number of ether oxygens (including phenoxy) is 2. The summed E-state index contributed by atoms with van der Waals surface area (Å²) in [5.41, 5.74) is 1.21. The molecule has 2 N–H and O–H groups in total. The van der Waals surface area contributed by atoms with Gasteiger partial charge in [-0.05, 0) is 42.7 Å². The van der Waals surface area contributed by atoms with Crippen molar-refractivity contribution in [3.8, 4) is 11.5 Å². The second-order valence-corrected chi connectivity index (χ2v) is 7.92. The fourth-order valence-corrected chi connectivity index (χ4v) is 3.81. The number of aromatic amines is 1. The number of carbonyl (C=O) groups excluding carboxylic acids is 1. The van der Waals surface area contributed by atoms with Gasteiger partial charge in [-0.1, -0.05) is 12.0 Å². The number of amides is 1. The van der Waals surface area contributed by atoms with Crippen LogP contribution in [0.2, 0.25) is 0 Å². The monoisotopic (exact) mass is 373 g/mol. The number of hydrogen-bond acceptors (Lipinski definition) is 7. The number of aryl methyl sites for hydroxylation is 1. The highest BCUT2D eigenvalue weighted by atomic mass is 32.1. The van der Waals surface area contributed by atoms with Crippen LogP contribution in [0.25, 0.3) is 10.1 Å². The number of methoxy groups -OCH3 is 1. The molecule has 1 saturated carbocycles. The van der Waals surface area contributed by atoms with Crippen molar-refractivity contribution in [2.24, 2.45) is 5.41 Å². The lowest BCUT2D eigenvalue weighted by Gasteiger charge is -2.12. The molecule has 8 nitrogen and oxygen atoms in total. The largest absolute Gasteiger partial charge is 0.496 e. The van der Waals surface area contributed by atoms with Crippen molar-refractivity contribution in [2.75, 3.05) is 19.0 Å². The lowest BCUT2D eigenvalue weighted by Crippen LogP contribution is -2.15. The molecule has 4 rings (SSSR count). The lowest BCUT2D eigenvalue weighted by molar-refractivity contribution is 0.102. The predicted molar refractivity (Wildman–Crippen MR) is 98.1 cm³/mol. The van der Waals surface area contributed by atoms with E-state index in [4.69, 9.17) is 9.47 Å². The summed E-state index contributed by atoms with van der Waals surface area (Å²) in [6, 6.07) is 3.94. The van der Waals surface area contributed by atoms with Gasteiger partial charge in [0.05, 0.1) is 13.7 Å². The minimum absolute atomic E-state index is 0.126. The van der Waals surface area contributed by atoms with Gasteiger partial charge in [0.25, 0.3) is 11.9 Å². The zero-order valence-electron chi connectivity index (χ0n) is 14.8. The van der Waals surface area contributed by atoms with Crippen molar-refractivity contribution >= 4 is 33.3 Å². The minimum Gasteiger partial charge on any atom is -0.496 e. The number of H-pyrrole nitrogens is 1. The Morgan fingerprint density at radius 1 is 1.42 bits per heavy atom. The van der Waals surface area contributed by atoms with E-state index in [1.165, 1.54) is 11.3 Å². The molecule has 1 amide bonds. The van der Waals surface area contributed by atoms with Crippen molar-refractivity contribution in [3.63, 3.8) is 0 Å². The molecule has 26 heavy (non-hydrogen) atoms. The molecule has 0 bridgehead atoms. The van der Waals surface area contributed by atoms with Gasteiger partial charge in [0.15, 0.2) is 5.75 Å². The summed E-state index contributed by atoms with van der Waals surface area (Å²) < 4.78 is 12.5. The van der Waals surface area contributed by atoms with E-state index in [1.807, 2.05) is 19.1 Å². The number of nitrogens with one attached hydrogen (secondary N) is 2. The van der Waals surface area contributed by atoms with Crippen molar-refractivity contribution in [1.82, 2.24) is 20.6 Å². The van der Waals surface area contributed by atoms with Gasteiger partial charge in [0.1, 0.15) is 10.6 Å². The molecule has 0 aliphatic heterocycles. The summed E-state index contributed by atoms with van der Waals surface area (Å²) in [5, 5.41) is 16.8. The van der Waals surface area contributed by atoms with Gasteiger partial charge in [-0.15, -0.1) is 16.4 Å². The Morgan fingerprint density at radius 2 is 2.23 bits per heavy atom. The van der Waals surface area contributed by atoms with E-state index in [-0.39, 0.29) is 17.3 Å². The first-order valence-corrected chi connectivity index (χ1v) is 9.09. The maximum atomic E-state index is 12.7. The van der Waals surface area contributed by atoms with Gasteiger partial charge >= 0.3 is 0 Å². The molecular weight excluding hydrogens is 354 g/mol. The van der Waals surface area contributed by atoms with E-state index in [0.29, 0.717) is 17.2 Å². The molecule has 1 aliphatic rings. The summed E-state index contributed by atoms with van der Waals surface area (Å²) in [5.74, 6) is 1.15. The Hall–Kier alpha value is -2.68. The molecule has 2 heterocycles. The van der Waals surface area contributed by atoms with Gasteiger partial charge in [0, 0.05) is 15.5 Å². The minimum atomic E-state index is -0.319. The van der Waals surface area contributed by atoms with E-state index in [1.54, 1.807) is 7.11 Å². The van der Waals surface area contributed by atoms with Crippen LogP contribution in [0.4, 0.5) is 5.95 Å². The Labute approximate surface area is 153 Å². The highest BCUT2D eigenvalue weighted by Gasteiger charge is 2.38. The number of nitrogens with zero attached hydrogens (tertiary/aromatic N) is 3. The highest BCUT2D eigenvalue weighted by Crippen LogP contribution is 2.47.